The molecule has 32 heavy (non-hydrogen) atoms. The van der Waals surface area contributed by atoms with Gasteiger partial charge < -0.3 is 4.74 Å². The van der Waals surface area contributed by atoms with E-state index in [-0.39, 0.29) is 11.4 Å². The normalized spacial score (nSPS) is 11.3. The van der Waals surface area contributed by atoms with E-state index >= 15 is 0 Å². The molecule has 0 unspecified atom stereocenters. The molecule has 2 aromatic carbocycles. The van der Waals surface area contributed by atoms with Crippen LogP contribution in [-0.4, -0.2) is 21.6 Å². The molecule has 0 amide bonds. The van der Waals surface area contributed by atoms with Crippen LogP contribution in [0.25, 0.3) is 20.4 Å². The van der Waals surface area contributed by atoms with Crippen molar-refractivity contribution >= 4 is 43.5 Å². The van der Waals surface area contributed by atoms with Crippen LogP contribution in [0.3, 0.4) is 0 Å². The number of thioether (sulfide) groups is 1. The van der Waals surface area contributed by atoms with Crippen molar-refractivity contribution in [2.75, 3.05) is 7.11 Å². The topological polar surface area (TPSA) is 57.0 Å². The van der Waals surface area contributed by atoms with Gasteiger partial charge in [-0.3, -0.25) is 9.36 Å². The van der Waals surface area contributed by atoms with Gasteiger partial charge in [0.2, 0.25) is 0 Å². The maximum absolute atomic E-state index is 13.5. The van der Waals surface area contributed by atoms with Gasteiger partial charge in [-0.15, -0.1) is 11.3 Å². The smallest absolute Gasteiger partial charge is 0.272 e. The molecule has 5 aromatic rings. The molecule has 0 aliphatic rings. The number of nitrogens with zero attached hydrogens (tertiary/aromatic N) is 3. The molecular formula is C24H18FN3O2S2. The Kier molecular flexibility index (Phi) is 5.63. The minimum Gasteiger partial charge on any atom is -0.497 e. The zero-order chi connectivity index (χ0) is 22.1. The Morgan fingerprint density at radius 3 is 2.75 bits per heavy atom. The van der Waals surface area contributed by atoms with Gasteiger partial charge in [0, 0.05) is 17.3 Å². The molecule has 0 aliphatic carbocycles. The lowest BCUT2D eigenvalue weighted by Gasteiger charge is -2.12. The van der Waals surface area contributed by atoms with Crippen LogP contribution < -0.4 is 10.3 Å². The molecule has 160 valence electrons. The molecule has 0 atom stereocenters. The van der Waals surface area contributed by atoms with Crippen molar-refractivity contribution in [3.8, 4) is 5.75 Å². The number of pyridine rings is 1. The number of fused-ring (bicyclic) bond motifs is 3. The van der Waals surface area contributed by atoms with Crippen molar-refractivity contribution in [3.63, 3.8) is 0 Å². The van der Waals surface area contributed by atoms with Gasteiger partial charge in [-0.25, -0.2) is 14.4 Å². The number of halogens is 1. The predicted molar refractivity (Wildman–Crippen MR) is 127 cm³/mol. The molecule has 0 aliphatic heterocycles. The number of rotatable bonds is 6. The van der Waals surface area contributed by atoms with Crippen LogP contribution in [0.2, 0.25) is 0 Å². The average Bonchev–Trinajstić information content (AvgIpc) is 3.20. The van der Waals surface area contributed by atoms with Gasteiger partial charge in [-0.2, -0.15) is 0 Å². The van der Waals surface area contributed by atoms with Crippen molar-refractivity contribution in [2.24, 2.45) is 0 Å². The highest BCUT2D eigenvalue weighted by molar-refractivity contribution is 7.98. The molecule has 3 heterocycles. The molecule has 0 fully saturated rings. The largest absolute Gasteiger partial charge is 0.497 e. The Bertz CT molecular complexity index is 1480. The Labute approximate surface area is 191 Å². The van der Waals surface area contributed by atoms with E-state index in [2.05, 4.69) is 4.98 Å². The molecule has 0 bridgehead atoms. The summed E-state index contributed by atoms with van der Waals surface area (Å²) in [7, 11) is 1.64. The van der Waals surface area contributed by atoms with Gasteiger partial charge >= 0.3 is 0 Å². The lowest BCUT2D eigenvalue weighted by Crippen LogP contribution is -2.23. The average molecular weight is 464 g/mol. The van der Waals surface area contributed by atoms with Crippen molar-refractivity contribution in [3.05, 3.63) is 94.2 Å². The van der Waals surface area contributed by atoms with Gasteiger partial charge in [0.05, 0.1) is 19.2 Å². The number of benzene rings is 2. The van der Waals surface area contributed by atoms with Crippen LogP contribution in [-0.2, 0) is 12.3 Å². The van der Waals surface area contributed by atoms with E-state index < -0.39 is 0 Å². The molecule has 3 aromatic heterocycles. The highest BCUT2D eigenvalue weighted by Crippen LogP contribution is 2.31. The fraction of sp³-hybridized carbons (Fsp3) is 0.125. The summed E-state index contributed by atoms with van der Waals surface area (Å²) in [5.74, 6) is 1.10. The quantitative estimate of drug-likeness (QED) is 0.246. The molecule has 0 saturated heterocycles. The second-order valence-corrected chi connectivity index (χ2v) is 9.13. The first-order valence-electron chi connectivity index (χ1n) is 9.90. The van der Waals surface area contributed by atoms with E-state index in [0.29, 0.717) is 27.7 Å². The van der Waals surface area contributed by atoms with E-state index in [4.69, 9.17) is 9.72 Å². The SMILES string of the molecule is COc1cccc(CSc2nc3c(sc4ncccc43)c(=O)n2Cc2ccc(F)cc2)c1. The Morgan fingerprint density at radius 2 is 1.94 bits per heavy atom. The minimum atomic E-state index is -0.308. The fourth-order valence-corrected chi connectivity index (χ4v) is 5.44. The van der Waals surface area contributed by atoms with Gasteiger partial charge in [-0.1, -0.05) is 36.0 Å². The zero-order valence-corrected chi connectivity index (χ0v) is 18.8. The van der Waals surface area contributed by atoms with Crippen LogP contribution in [0.15, 0.2) is 76.8 Å². The molecule has 8 heteroatoms. The van der Waals surface area contributed by atoms with E-state index in [9.17, 15) is 9.18 Å². The van der Waals surface area contributed by atoms with Crippen molar-refractivity contribution < 1.29 is 9.13 Å². The molecule has 5 rings (SSSR count). The number of hydrogen-bond acceptors (Lipinski definition) is 6. The summed E-state index contributed by atoms with van der Waals surface area (Å²) >= 11 is 2.84. The first-order valence-corrected chi connectivity index (χ1v) is 11.7. The van der Waals surface area contributed by atoms with E-state index in [1.165, 1.54) is 35.2 Å². The number of thiophene rings is 1. The summed E-state index contributed by atoms with van der Waals surface area (Å²) in [5.41, 5.74) is 2.45. The summed E-state index contributed by atoms with van der Waals surface area (Å²) in [6.07, 6.45) is 1.72. The monoisotopic (exact) mass is 463 g/mol. The number of hydrogen-bond donors (Lipinski definition) is 0. The molecule has 0 radical (unpaired) electrons. The number of aromatic nitrogens is 3. The third-order valence-corrected chi connectivity index (χ3v) is 7.21. The van der Waals surface area contributed by atoms with Crippen LogP contribution in [0.5, 0.6) is 5.75 Å². The van der Waals surface area contributed by atoms with E-state index in [0.717, 1.165) is 27.1 Å². The molecule has 0 saturated carbocycles. The lowest BCUT2D eigenvalue weighted by atomic mass is 10.2. The van der Waals surface area contributed by atoms with Gasteiger partial charge in [0.1, 0.15) is 21.1 Å². The van der Waals surface area contributed by atoms with Crippen molar-refractivity contribution in [1.29, 1.82) is 0 Å². The number of ether oxygens (including phenoxy) is 1. The first-order chi connectivity index (χ1) is 15.6. The van der Waals surface area contributed by atoms with Crippen molar-refractivity contribution in [1.82, 2.24) is 14.5 Å². The molecular weight excluding hydrogens is 445 g/mol. The minimum absolute atomic E-state index is 0.115. The maximum Gasteiger partial charge on any atom is 0.272 e. The van der Waals surface area contributed by atoms with Gasteiger partial charge in [0.15, 0.2) is 5.16 Å². The summed E-state index contributed by atoms with van der Waals surface area (Å²) in [6.45, 7) is 0.310. The molecule has 5 nitrogen and oxygen atoms in total. The molecule has 0 N–H and O–H groups in total. The lowest BCUT2D eigenvalue weighted by molar-refractivity contribution is 0.414. The summed E-state index contributed by atoms with van der Waals surface area (Å²) in [5, 5.41) is 1.49. The molecule has 0 spiro atoms. The Balaban J connectivity index is 1.61. The maximum atomic E-state index is 13.5. The third-order valence-electron chi connectivity index (χ3n) is 5.07. The van der Waals surface area contributed by atoms with Crippen LogP contribution >= 0.6 is 23.1 Å². The summed E-state index contributed by atoms with van der Waals surface area (Å²) in [6, 6.07) is 17.8. The summed E-state index contributed by atoms with van der Waals surface area (Å²) in [4.78, 5) is 23.6. The van der Waals surface area contributed by atoms with E-state index in [1.807, 2.05) is 36.4 Å². The Hall–Kier alpha value is -3.23. The van der Waals surface area contributed by atoms with Crippen LogP contribution in [0.4, 0.5) is 4.39 Å². The summed E-state index contributed by atoms with van der Waals surface area (Å²) < 4.78 is 20.9. The third kappa shape index (κ3) is 3.99. The second kappa shape index (κ2) is 8.72. The predicted octanol–water partition coefficient (Wildman–Crippen LogP) is 5.49. The van der Waals surface area contributed by atoms with Crippen molar-refractivity contribution in [2.45, 2.75) is 17.5 Å². The van der Waals surface area contributed by atoms with Gasteiger partial charge in [-0.05, 0) is 47.5 Å². The fourth-order valence-electron chi connectivity index (χ4n) is 3.47. The van der Waals surface area contributed by atoms with Crippen LogP contribution in [0.1, 0.15) is 11.1 Å². The highest BCUT2D eigenvalue weighted by Gasteiger charge is 2.17. The number of methoxy groups -OCH3 is 1. The zero-order valence-electron chi connectivity index (χ0n) is 17.1. The van der Waals surface area contributed by atoms with E-state index in [1.54, 1.807) is 30.0 Å². The highest BCUT2D eigenvalue weighted by atomic mass is 32.2. The Morgan fingerprint density at radius 1 is 1.09 bits per heavy atom. The second-order valence-electron chi connectivity index (χ2n) is 7.19. The van der Waals surface area contributed by atoms with Crippen LogP contribution in [0, 0.1) is 5.82 Å². The van der Waals surface area contributed by atoms with Gasteiger partial charge in [0.25, 0.3) is 5.56 Å². The first kappa shape index (κ1) is 20.7. The standard InChI is InChI=1S/C24H18FN3O2S2/c1-30-18-5-2-4-16(12-18)14-31-24-27-20-19-6-3-11-26-22(19)32-21(20)23(29)28(24)13-15-7-9-17(25)10-8-15/h2-12H,13-14H2,1H3.